The summed E-state index contributed by atoms with van der Waals surface area (Å²) >= 11 is 0. The Morgan fingerprint density at radius 3 is 1.42 bits per heavy atom. The molecule has 4 N–H and O–H groups in total. The number of hydrogen-bond acceptors (Lipinski definition) is 5. The van der Waals surface area contributed by atoms with Crippen LogP contribution in [0.3, 0.4) is 0 Å². The average Bonchev–Trinajstić information content (AvgIpc) is 3.53. The molecule has 0 aromatic heterocycles. The standard InChI is InChI=1S/C47H35F9N2O4/c1-26(59)27-12-14-28(15-13-27)29-16-18-30(19-17-29)41(60)58-40-23-21-32(25-38(40)44(62,46(51,52)53)47(54,55)56)43(35-10-6-4-8-33(35)34-9-5-7-11-36(34)43)31-20-22-39(57-3)37(24-31)42(2,61)45(48,49)50/h4-25,57,61-62H,1-3H3,(H,58,60). The number of alkyl halides is 9. The molecule has 0 aliphatic heterocycles. The third-order valence-electron chi connectivity index (χ3n) is 11.4. The van der Waals surface area contributed by atoms with E-state index in [1.807, 2.05) is 0 Å². The van der Waals surface area contributed by atoms with Gasteiger partial charge in [-0.1, -0.05) is 97.1 Å². The second kappa shape index (κ2) is 15.2. The molecule has 0 fully saturated rings. The minimum atomic E-state index is -6.44. The first-order valence-corrected chi connectivity index (χ1v) is 18.8. The number of hydrogen-bond donors (Lipinski definition) is 4. The first-order chi connectivity index (χ1) is 29.0. The third kappa shape index (κ3) is 6.89. The van der Waals surface area contributed by atoms with Gasteiger partial charge in [0.1, 0.15) is 0 Å². The van der Waals surface area contributed by atoms with E-state index in [9.17, 15) is 59.3 Å². The highest BCUT2D eigenvalue weighted by molar-refractivity contribution is 6.05. The molecule has 7 rings (SSSR count). The lowest BCUT2D eigenvalue weighted by Gasteiger charge is -2.38. The van der Waals surface area contributed by atoms with Crippen molar-refractivity contribution in [2.24, 2.45) is 0 Å². The van der Waals surface area contributed by atoms with Gasteiger partial charge in [-0.3, -0.25) is 9.59 Å². The maximum Gasteiger partial charge on any atom is 0.430 e. The lowest BCUT2D eigenvalue weighted by atomic mass is 9.66. The summed E-state index contributed by atoms with van der Waals surface area (Å²) < 4.78 is 133. The maximum absolute atomic E-state index is 14.9. The van der Waals surface area contributed by atoms with E-state index in [1.54, 1.807) is 48.5 Å². The van der Waals surface area contributed by atoms with E-state index in [1.165, 1.54) is 74.6 Å². The van der Waals surface area contributed by atoms with Crippen LogP contribution in [0.4, 0.5) is 50.9 Å². The summed E-state index contributed by atoms with van der Waals surface area (Å²) in [5.74, 6) is -1.31. The predicted molar refractivity (Wildman–Crippen MR) is 215 cm³/mol. The van der Waals surface area contributed by atoms with E-state index < -0.39 is 57.9 Å². The van der Waals surface area contributed by atoms with Crippen LogP contribution in [0.1, 0.15) is 67.9 Å². The summed E-state index contributed by atoms with van der Waals surface area (Å²) in [5.41, 5.74) is -12.4. The molecule has 0 saturated carbocycles. The fourth-order valence-electron chi connectivity index (χ4n) is 8.13. The molecule has 0 bridgehead atoms. The Morgan fingerprint density at radius 2 is 0.984 bits per heavy atom. The number of halogens is 9. The molecule has 1 atom stereocenters. The van der Waals surface area contributed by atoms with E-state index in [4.69, 9.17) is 0 Å². The van der Waals surface area contributed by atoms with Crippen LogP contribution in [-0.4, -0.2) is 47.5 Å². The van der Waals surface area contributed by atoms with E-state index >= 15 is 0 Å². The van der Waals surface area contributed by atoms with Gasteiger partial charge in [0, 0.05) is 40.7 Å². The number of benzene rings is 6. The Balaban J connectivity index is 1.47. The van der Waals surface area contributed by atoms with Gasteiger partial charge >= 0.3 is 18.5 Å². The Kier molecular flexibility index (Phi) is 10.7. The molecule has 1 aliphatic rings. The Morgan fingerprint density at radius 1 is 0.548 bits per heavy atom. The van der Waals surface area contributed by atoms with Crippen LogP contribution in [0.2, 0.25) is 0 Å². The van der Waals surface area contributed by atoms with Gasteiger partial charge in [0.05, 0.1) is 5.41 Å². The van der Waals surface area contributed by atoms with Crippen molar-refractivity contribution in [1.29, 1.82) is 0 Å². The summed E-state index contributed by atoms with van der Waals surface area (Å²) in [7, 11) is 1.30. The molecule has 0 heterocycles. The second-order valence-corrected chi connectivity index (χ2v) is 15.1. The van der Waals surface area contributed by atoms with Gasteiger partial charge in [-0.2, -0.15) is 39.5 Å². The SMILES string of the molecule is CNc1ccc(C2(c3ccc(NC(=O)c4ccc(-c5ccc(C(C)=O)cc5)cc4)c(C(O)(C(F)(F)F)C(F)(F)F)c3)c3ccccc3-c3ccccc32)cc1C(C)(O)C(F)(F)F. The molecule has 320 valence electrons. The third-order valence-corrected chi connectivity index (χ3v) is 11.4. The van der Waals surface area contributed by atoms with Crippen LogP contribution in [0.25, 0.3) is 22.3 Å². The molecular weight excluding hydrogens is 828 g/mol. The molecule has 1 unspecified atom stereocenters. The minimum absolute atomic E-state index is 0.0882. The van der Waals surface area contributed by atoms with Gasteiger partial charge < -0.3 is 20.8 Å². The monoisotopic (exact) mass is 862 g/mol. The molecule has 0 radical (unpaired) electrons. The molecule has 1 aliphatic carbocycles. The van der Waals surface area contributed by atoms with E-state index in [0.717, 1.165) is 18.2 Å². The van der Waals surface area contributed by atoms with E-state index in [-0.39, 0.29) is 39.3 Å². The van der Waals surface area contributed by atoms with Gasteiger partial charge in [-0.15, -0.1) is 0 Å². The van der Waals surface area contributed by atoms with Crippen molar-refractivity contribution in [3.63, 3.8) is 0 Å². The van der Waals surface area contributed by atoms with E-state index in [0.29, 0.717) is 40.8 Å². The number of anilines is 2. The van der Waals surface area contributed by atoms with Crippen LogP contribution in [0.5, 0.6) is 0 Å². The predicted octanol–water partition coefficient (Wildman–Crippen LogP) is 11.3. The zero-order valence-electron chi connectivity index (χ0n) is 32.8. The van der Waals surface area contributed by atoms with Crippen LogP contribution in [0, 0.1) is 0 Å². The second-order valence-electron chi connectivity index (χ2n) is 15.1. The maximum atomic E-state index is 14.9. The fraction of sp³-hybridized carbons (Fsp3) is 0.191. The highest BCUT2D eigenvalue weighted by Crippen LogP contribution is 2.59. The van der Waals surface area contributed by atoms with Gasteiger partial charge in [-0.05, 0) is 94.8 Å². The van der Waals surface area contributed by atoms with Crippen molar-refractivity contribution < 1.29 is 59.3 Å². The van der Waals surface area contributed by atoms with Crippen molar-refractivity contribution in [2.75, 3.05) is 17.7 Å². The van der Waals surface area contributed by atoms with Gasteiger partial charge in [0.25, 0.3) is 11.5 Å². The summed E-state index contributed by atoms with van der Waals surface area (Å²) in [4.78, 5) is 25.4. The number of aliphatic hydroxyl groups is 2. The lowest BCUT2D eigenvalue weighted by Crippen LogP contribution is -2.54. The normalized spacial score (nSPS) is 14.7. The number of nitrogens with one attached hydrogen (secondary N) is 2. The van der Waals surface area contributed by atoms with Crippen molar-refractivity contribution in [2.45, 2.75) is 49.0 Å². The highest BCUT2D eigenvalue weighted by Gasteiger charge is 2.72. The molecule has 0 saturated heterocycles. The Bertz CT molecular complexity index is 2640. The van der Waals surface area contributed by atoms with Crippen LogP contribution in [-0.2, 0) is 16.6 Å². The zero-order valence-corrected chi connectivity index (χ0v) is 32.8. The Hall–Kier alpha value is -6.45. The molecule has 15 heteroatoms. The average molecular weight is 863 g/mol. The van der Waals surface area contributed by atoms with Gasteiger partial charge in [0.2, 0.25) is 0 Å². The number of rotatable bonds is 9. The van der Waals surface area contributed by atoms with Crippen molar-refractivity contribution in [3.05, 3.63) is 178 Å². The number of carbonyl (C=O) groups is 2. The Labute approximate surface area is 348 Å². The smallest absolute Gasteiger partial charge is 0.388 e. The van der Waals surface area contributed by atoms with Crippen molar-refractivity contribution >= 4 is 23.1 Å². The zero-order chi connectivity index (χ0) is 45.2. The fourth-order valence-corrected chi connectivity index (χ4v) is 8.13. The van der Waals surface area contributed by atoms with Crippen LogP contribution >= 0.6 is 0 Å². The first kappa shape index (κ1) is 43.6. The molecule has 6 nitrogen and oxygen atoms in total. The topological polar surface area (TPSA) is 98.7 Å². The number of Topliss-reactive ketones (excluding diaryl/α,β-unsaturated/α-hetero) is 1. The number of ketones is 1. The summed E-state index contributed by atoms with van der Waals surface area (Å²) in [6, 6.07) is 30.5. The van der Waals surface area contributed by atoms with Crippen molar-refractivity contribution in [1.82, 2.24) is 0 Å². The first-order valence-electron chi connectivity index (χ1n) is 18.8. The summed E-state index contributed by atoms with van der Waals surface area (Å²) in [6.45, 7) is 1.90. The molecular formula is C47H35F9N2O4. The molecule has 6 aromatic carbocycles. The molecule has 62 heavy (non-hydrogen) atoms. The summed E-state index contributed by atoms with van der Waals surface area (Å²) in [5, 5.41) is 26.8. The number of carbonyl (C=O) groups excluding carboxylic acids is 2. The van der Waals surface area contributed by atoms with E-state index in [2.05, 4.69) is 10.6 Å². The van der Waals surface area contributed by atoms with Crippen molar-refractivity contribution in [3.8, 4) is 22.3 Å². The van der Waals surface area contributed by atoms with Crippen LogP contribution < -0.4 is 10.6 Å². The largest absolute Gasteiger partial charge is 0.430 e. The molecule has 0 spiro atoms. The number of amides is 1. The molecule has 6 aromatic rings. The number of fused-ring (bicyclic) bond motifs is 3. The lowest BCUT2D eigenvalue weighted by molar-refractivity contribution is -0.376. The quantitative estimate of drug-likeness (QED) is 0.0856. The van der Waals surface area contributed by atoms with Gasteiger partial charge in [-0.25, -0.2) is 0 Å². The summed E-state index contributed by atoms with van der Waals surface area (Å²) in [6.07, 6.45) is -18.1. The highest BCUT2D eigenvalue weighted by atomic mass is 19.4. The van der Waals surface area contributed by atoms with Crippen LogP contribution in [0.15, 0.2) is 133 Å². The molecule has 1 amide bonds. The minimum Gasteiger partial charge on any atom is -0.388 e. The van der Waals surface area contributed by atoms with Gasteiger partial charge in [0.15, 0.2) is 11.4 Å².